The number of H-pyrrole nitrogens is 1. The van der Waals surface area contributed by atoms with Crippen molar-refractivity contribution in [1.29, 1.82) is 0 Å². The summed E-state index contributed by atoms with van der Waals surface area (Å²) in [5, 5.41) is 5.19. The lowest BCUT2D eigenvalue weighted by Gasteiger charge is -2.05. The molecule has 2 aromatic heterocycles. The van der Waals surface area contributed by atoms with Crippen LogP contribution in [0.15, 0.2) is 28.8 Å². The number of hydrogen-bond acceptors (Lipinski definition) is 3. The summed E-state index contributed by atoms with van der Waals surface area (Å²) in [5.41, 5.74) is 11.0. The highest BCUT2D eigenvalue weighted by atomic mass is 16.5. The van der Waals surface area contributed by atoms with Crippen LogP contribution in [0, 0.1) is 6.92 Å². The normalized spacial score (nSPS) is 11.6. The molecule has 3 aromatic rings. The lowest BCUT2D eigenvalue weighted by Crippen LogP contribution is -1.86. The number of anilines is 1. The molecule has 0 aliphatic rings. The number of aryl methyl sites for hydroxylation is 1. The van der Waals surface area contributed by atoms with E-state index in [9.17, 15) is 0 Å². The number of hydrogen-bond donors (Lipinski definition) is 2. The summed E-state index contributed by atoms with van der Waals surface area (Å²) in [6.45, 7) is 6.41. The van der Waals surface area contributed by atoms with E-state index in [0.29, 0.717) is 11.8 Å². The van der Waals surface area contributed by atoms with E-state index in [4.69, 9.17) is 10.3 Å². The van der Waals surface area contributed by atoms with Gasteiger partial charge in [-0.3, -0.25) is 0 Å². The topological polar surface area (TPSA) is 67.8 Å². The minimum atomic E-state index is 0.337. The monoisotopic (exact) mass is 255 g/mol. The van der Waals surface area contributed by atoms with Crippen LogP contribution in [-0.4, -0.2) is 10.1 Å². The molecule has 0 radical (unpaired) electrons. The van der Waals surface area contributed by atoms with Gasteiger partial charge in [-0.25, -0.2) is 0 Å². The Labute approximate surface area is 111 Å². The summed E-state index contributed by atoms with van der Waals surface area (Å²) in [7, 11) is 0. The molecule has 1 aromatic carbocycles. The maximum absolute atomic E-state index is 5.62. The van der Waals surface area contributed by atoms with Crippen molar-refractivity contribution in [3.8, 4) is 11.3 Å². The van der Waals surface area contributed by atoms with Crippen molar-refractivity contribution in [3.63, 3.8) is 0 Å². The van der Waals surface area contributed by atoms with Gasteiger partial charge < -0.3 is 15.2 Å². The first-order valence-electron chi connectivity index (χ1n) is 6.41. The quantitative estimate of drug-likeness (QED) is 0.731. The van der Waals surface area contributed by atoms with Crippen LogP contribution < -0.4 is 5.73 Å². The smallest absolute Gasteiger partial charge is 0.222 e. The highest BCUT2D eigenvalue weighted by Crippen LogP contribution is 2.33. The van der Waals surface area contributed by atoms with E-state index in [-0.39, 0.29) is 0 Å². The van der Waals surface area contributed by atoms with E-state index >= 15 is 0 Å². The number of benzene rings is 1. The molecule has 4 nitrogen and oxygen atoms in total. The zero-order valence-corrected chi connectivity index (χ0v) is 11.3. The van der Waals surface area contributed by atoms with Gasteiger partial charge in [0.1, 0.15) is 5.69 Å². The van der Waals surface area contributed by atoms with Gasteiger partial charge in [-0.2, -0.15) is 0 Å². The first-order valence-corrected chi connectivity index (χ1v) is 6.41. The van der Waals surface area contributed by atoms with E-state index in [1.54, 1.807) is 6.07 Å². The summed E-state index contributed by atoms with van der Waals surface area (Å²) >= 11 is 0. The van der Waals surface area contributed by atoms with Crippen LogP contribution in [0.2, 0.25) is 0 Å². The number of nitrogens with two attached hydrogens (primary N) is 1. The van der Waals surface area contributed by atoms with Gasteiger partial charge in [-0.1, -0.05) is 25.1 Å². The zero-order chi connectivity index (χ0) is 13.6. The molecule has 98 valence electrons. The minimum Gasteiger partial charge on any atom is -0.368 e. The third-order valence-electron chi connectivity index (χ3n) is 3.46. The van der Waals surface area contributed by atoms with Crippen molar-refractivity contribution in [2.75, 3.05) is 5.73 Å². The fraction of sp³-hybridized carbons (Fsp3) is 0.267. The predicted molar refractivity (Wildman–Crippen MR) is 77.0 cm³/mol. The molecule has 2 heterocycles. The molecule has 19 heavy (non-hydrogen) atoms. The molecule has 0 spiro atoms. The van der Waals surface area contributed by atoms with Gasteiger partial charge in [0, 0.05) is 28.2 Å². The Morgan fingerprint density at radius 3 is 2.68 bits per heavy atom. The molecule has 0 atom stereocenters. The summed E-state index contributed by atoms with van der Waals surface area (Å²) in [6, 6.07) is 8.25. The molecule has 3 N–H and O–H groups in total. The maximum atomic E-state index is 5.62. The molecule has 0 fully saturated rings. The third-order valence-corrected chi connectivity index (χ3v) is 3.46. The average molecular weight is 255 g/mol. The summed E-state index contributed by atoms with van der Waals surface area (Å²) in [4.78, 5) is 3.38. The molecular formula is C15H17N3O. The van der Waals surface area contributed by atoms with Crippen molar-refractivity contribution < 1.29 is 4.52 Å². The molecule has 0 aliphatic heterocycles. The zero-order valence-electron chi connectivity index (χ0n) is 11.3. The largest absolute Gasteiger partial charge is 0.368 e. The van der Waals surface area contributed by atoms with Crippen molar-refractivity contribution in [2.24, 2.45) is 0 Å². The molecule has 0 bridgehead atoms. The van der Waals surface area contributed by atoms with Crippen LogP contribution in [0.5, 0.6) is 0 Å². The van der Waals surface area contributed by atoms with E-state index in [2.05, 4.69) is 42.2 Å². The minimum absolute atomic E-state index is 0.337. The standard InChI is InChI=1S/C15H17N3O/c1-8(2)10-4-5-12-11(6-10)15(9(3)17-12)13-7-14(16)19-18-13/h4-8,17H,16H2,1-3H3. The van der Waals surface area contributed by atoms with Crippen LogP contribution in [-0.2, 0) is 0 Å². The summed E-state index contributed by atoms with van der Waals surface area (Å²) in [6.07, 6.45) is 0. The Morgan fingerprint density at radius 1 is 1.26 bits per heavy atom. The second-order valence-electron chi connectivity index (χ2n) is 5.20. The van der Waals surface area contributed by atoms with Gasteiger partial charge in [0.25, 0.3) is 0 Å². The van der Waals surface area contributed by atoms with Gasteiger partial charge in [-0.15, -0.1) is 0 Å². The van der Waals surface area contributed by atoms with Gasteiger partial charge >= 0.3 is 0 Å². The molecule has 0 unspecified atom stereocenters. The van der Waals surface area contributed by atoms with Crippen LogP contribution in [0.3, 0.4) is 0 Å². The van der Waals surface area contributed by atoms with Crippen LogP contribution in [0.25, 0.3) is 22.2 Å². The Balaban J connectivity index is 2.28. The van der Waals surface area contributed by atoms with Crippen molar-refractivity contribution in [2.45, 2.75) is 26.7 Å². The summed E-state index contributed by atoms with van der Waals surface area (Å²) in [5.74, 6) is 0.832. The Bertz CT molecular complexity index is 737. The van der Waals surface area contributed by atoms with E-state index < -0.39 is 0 Å². The molecule has 0 saturated carbocycles. The van der Waals surface area contributed by atoms with Gasteiger partial charge in [0.15, 0.2) is 0 Å². The Kier molecular flexibility index (Phi) is 2.59. The second kappa shape index (κ2) is 4.16. The van der Waals surface area contributed by atoms with Gasteiger partial charge in [-0.05, 0) is 30.5 Å². The second-order valence-corrected chi connectivity index (χ2v) is 5.20. The highest BCUT2D eigenvalue weighted by Gasteiger charge is 2.15. The molecular weight excluding hydrogens is 238 g/mol. The average Bonchev–Trinajstić information content (AvgIpc) is 2.90. The maximum Gasteiger partial charge on any atom is 0.222 e. The Hall–Kier alpha value is -2.23. The molecule has 0 aliphatic carbocycles. The number of nitrogens with one attached hydrogen (secondary N) is 1. The van der Waals surface area contributed by atoms with Crippen LogP contribution in [0.4, 0.5) is 5.88 Å². The first-order chi connectivity index (χ1) is 9.06. The molecule has 0 amide bonds. The van der Waals surface area contributed by atoms with Crippen molar-refractivity contribution >= 4 is 16.8 Å². The SMILES string of the molecule is Cc1[nH]c2ccc(C(C)C)cc2c1-c1cc(N)on1. The number of nitrogens with zero attached hydrogens (tertiary/aromatic N) is 1. The highest BCUT2D eigenvalue weighted by molar-refractivity contribution is 5.97. The number of nitrogen functional groups attached to an aromatic ring is 1. The number of rotatable bonds is 2. The lowest BCUT2D eigenvalue weighted by atomic mass is 9.99. The summed E-state index contributed by atoms with van der Waals surface area (Å²) < 4.78 is 4.98. The van der Waals surface area contributed by atoms with Crippen LogP contribution in [0.1, 0.15) is 31.0 Å². The van der Waals surface area contributed by atoms with Crippen molar-refractivity contribution in [1.82, 2.24) is 10.1 Å². The fourth-order valence-corrected chi connectivity index (χ4v) is 2.44. The number of aromatic nitrogens is 2. The first kappa shape index (κ1) is 11.8. The molecule has 3 rings (SSSR count). The van der Waals surface area contributed by atoms with E-state index in [0.717, 1.165) is 27.9 Å². The Morgan fingerprint density at radius 2 is 2.05 bits per heavy atom. The van der Waals surface area contributed by atoms with Gasteiger partial charge in [0.2, 0.25) is 5.88 Å². The van der Waals surface area contributed by atoms with Crippen molar-refractivity contribution in [3.05, 3.63) is 35.5 Å². The third kappa shape index (κ3) is 1.89. The predicted octanol–water partition coefficient (Wildman–Crippen LogP) is 3.84. The number of fused-ring (bicyclic) bond motifs is 1. The molecule has 4 heteroatoms. The fourth-order valence-electron chi connectivity index (χ4n) is 2.44. The van der Waals surface area contributed by atoms with Gasteiger partial charge in [0.05, 0.1) is 0 Å². The lowest BCUT2D eigenvalue weighted by molar-refractivity contribution is 0.439. The number of aromatic amines is 1. The van der Waals surface area contributed by atoms with E-state index in [1.165, 1.54) is 5.56 Å². The van der Waals surface area contributed by atoms with Crippen LogP contribution >= 0.6 is 0 Å². The molecule has 0 saturated heterocycles. The van der Waals surface area contributed by atoms with E-state index in [1.807, 2.05) is 6.92 Å².